The first kappa shape index (κ1) is 14.0. The Balaban J connectivity index is 2.41. The third kappa shape index (κ3) is 5.71. The van der Waals surface area contributed by atoms with E-state index >= 15 is 0 Å². The number of phenols is 1. The van der Waals surface area contributed by atoms with Gasteiger partial charge < -0.3 is 10.0 Å². The van der Waals surface area contributed by atoms with Crippen molar-refractivity contribution in [2.45, 2.75) is 19.9 Å². The molecule has 0 aliphatic heterocycles. The van der Waals surface area contributed by atoms with Crippen molar-refractivity contribution in [3.8, 4) is 5.75 Å². The quantitative estimate of drug-likeness (QED) is 0.786. The van der Waals surface area contributed by atoms with Gasteiger partial charge in [0.15, 0.2) is 0 Å². The molecule has 0 aliphatic carbocycles. The lowest BCUT2D eigenvalue weighted by atomic mass is 10.2. The van der Waals surface area contributed by atoms with Gasteiger partial charge in [-0.2, -0.15) is 0 Å². The standard InChI is InChI=1S/C14H24N2O/c1-4-16(10-6-9-15(2)3)12-13-7-5-8-14(17)11-13/h5,7-8,11,17H,4,6,9-10,12H2,1-3H3. The SMILES string of the molecule is CCN(CCCN(C)C)Cc1cccc(O)c1. The van der Waals surface area contributed by atoms with Crippen LogP contribution >= 0.6 is 0 Å². The summed E-state index contributed by atoms with van der Waals surface area (Å²) in [4.78, 5) is 4.61. The van der Waals surface area contributed by atoms with E-state index in [-0.39, 0.29) is 0 Å². The van der Waals surface area contributed by atoms with Gasteiger partial charge in [-0.3, -0.25) is 4.90 Å². The highest BCUT2D eigenvalue weighted by Crippen LogP contribution is 2.13. The van der Waals surface area contributed by atoms with Gasteiger partial charge in [0.2, 0.25) is 0 Å². The van der Waals surface area contributed by atoms with Gasteiger partial charge in [-0.25, -0.2) is 0 Å². The normalized spacial score (nSPS) is 11.4. The zero-order valence-corrected chi connectivity index (χ0v) is 11.2. The molecular formula is C14H24N2O. The fourth-order valence-corrected chi connectivity index (χ4v) is 1.87. The largest absolute Gasteiger partial charge is 0.508 e. The molecule has 0 radical (unpaired) electrons. The molecule has 1 aromatic carbocycles. The number of rotatable bonds is 7. The van der Waals surface area contributed by atoms with Crippen LogP contribution in [0.2, 0.25) is 0 Å². The maximum atomic E-state index is 9.42. The Kier molecular flexibility index (Phi) is 6.01. The van der Waals surface area contributed by atoms with E-state index in [1.165, 1.54) is 12.0 Å². The van der Waals surface area contributed by atoms with Gasteiger partial charge in [0.1, 0.15) is 5.75 Å². The number of nitrogens with zero attached hydrogens (tertiary/aromatic N) is 2. The summed E-state index contributed by atoms with van der Waals surface area (Å²) in [5.41, 5.74) is 1.18. The molecule has 17 heavy (non-hydrogen) atoms. The molecule has 0 aliphatic rings. The molecule has 96 valence electrons. The molecule has 3 heteroatoms. The molecule has 0 atom stereocenters. The second-order valence-electron chi connectivity index (χ2n) is 4.70. The molecule has 0 bridgehead atoms. The van der Waals surface area contributed by atoms with Crippen molar-refractivity contribution in [1.29, 1.82) is 0 Å². The lowest BCUT2D eigenvalue weighted by Crippen LogP contribution is -2.26. The fraction of sp³-hybridized carbons (Fsp3) is 0.571. The van der Waals surface area contributed by atoms with Crippen LogP contribution in [0.4, 0.5) is 0 Å². The molecule has 1 aromatic rings. The van der Waals surface area contributed by atoms with Crippen molar-refractivity contribution in [2.24, 2.45) is 0 Å². The second-order valence-corrected chi connectivity index (χ2v) is 4.70. The highest BCUT2D eigenvalue weighted by Gasteiger charge is 2.04. The van der Waals surface area contributed by atoms with Gasteiger partial charge in [0, 0.05) is 6.54 Å². The molecule has 3 nitrogen and oxygen atoms in total. The molecule has 0 heterocycles. The zero-order chi connectivity index (χ0) is 12.7. The third-order valence-electron chi connectivity index (χ3n) is 2.84. The van der Waals surface area contributed by atoms with E-state index < -0.39 is 0 Å². The Morgan fingerprint density at radius 1 is 1.18 bits per heavy atom. The van der Waals surface area contributed by atoms with E-state index in [4.69, 9.17) is 0 Å². The Morgan fingerprint density at radius 3 is 2.53 bits per heavy atom. The molecule has 0 fully saturated rings. The highest BCUT2D eigenvalue weighted by atomic mass is 16.3. The Morgan fingerprint density at radius 2 is 1.94 bits per heavy atom. The lowest BCUT2D eigenvalue weighted by molar-refractivity contribution is 0.259. The summed E-state index contributed by atoms with van der Waals surface area (Å²) in [6.45, 7) is 6.36. The van der Waals surface area contributed by atoms with E-state index in [2.05, 4.69) is 36.9 Å². The Hall–Kier alpha value is -1.06. The van der Waals surface area contributed by atoms with Crippen LogP contribution in [-0.2, 0) is 6.54 Å². The first-order chi connectivity index (χ1) is 8.11. The van der Waals surface area contributed by atoms with Gasteiger partial charge in [0.25, 0.3) is 0 Å². The summed E-state index contributed by atoms with van der Waals surface area (Å²) in [7, 11) is 4.21. The summed E-state index contributed by atoms with van der Waals surface area (Å²) < 4.78 is 0. The van der Waals surface area contributed by atoms with Crippen LogP contribution in [0.5, 0.6) is 5.75 Å². The van der Waals surface area contributed by atoms with Crippen molar-refractivity contribution < 1.29 is 5.11 Å². The molecule has 0 aromatic heterocycles. The van der Waals surface area contributed by atoms with Crippen molar-refractivity contribution in [3.05, 3.63) is 29.8 Å². The predicted octanol–water partition coefficient (Wildman–Crippen LogP) is 2.17. The summed E-state index contributed by atoms with van der Waals surface area (Å²) >= 11 is 0. The first-order valence-corrected chi connectivity index (χ1v) is 6.26. The van der Waals surface area contributed by atoms with Gasteiger partial charge >= 0.3 is 0 Å². The minimum Gasteiger partial charge on any atom is -0.508 e. The van der Waals surface area contributed by atoms with Crippen LogP contribution in [0.15, 0.2) is 24.3 Å². The number of hydrogen-bond acceptors (Lipinski definition) is 3. The lowest BCUT2D eigenvalue weighted by Gasteiger charge is -2.21. The summed E-state index contributed by atoms with van der Waals surface area (Å²) in [6, 6.07) is 7.52. The fourth-order valence-electron chi connectivity index (χ4n) is 1.87. The number of phenolic OH excluding ortho intramolecular Hbond substituents is 1. The average Bonchev–Trinajstić information content (AvgIpc) is 2.27. The molecule has 0 saturated carbocycles. The van der Waals surface area contributed by atoms with Crippen LogP contribution in [0.3, 0.4) is 0 Å². The first-order valence-electron chi connectivity index (χ1n) is 6.26. The minimum atomic E-state index is 0.354. The molecule has 0 spiro atoms. The summed E-state index contributed by atoms with van der Waals surface area (Å²) in [5.74, 6) is 0.354. The number of benzene rings is 1. The van der Waals surface area contributed by atoms with E-state index in [1.54, 1.807) is 6.07 Å². The molecule has 0 saturated heterocycles. The van der Waals surface area contributed by atoms with Gasteiger partial charge in [-0.1, -0.05) is 19.1 Å². The smallest absolute Gasteiger partial charge is 0.115 e. The Labute approximate surface area is 105 Å². The van der Waals surface area contributed by atoms with E-state index in [9.17, 15) is 5.11 Å². The Bertz CT molecular complexity index is 326. The van der Waals surface area contributed by atoms with Crippen LogP contribution in [0, 0.1) is 0 Å². The highest BCUT2D eigenvalue weighted by molar-refractivity contribution is 5.26. The second kappa shape index (κ2) is 7.30. The molecular weight excluding hydrogens is 212 g/mol. The van der Waals surface area contributed by atoms with Gasteiger partial charge in [-0.05, 0) is 57.8 Å². The maximum Gasteiger partial charge on any atom is 0.115 e. The molecule has 1 N–H and O–H groups in total. The minimum absolute atomic E-state index is 0.354. The topological polar surface area (TPSA) is 26.7 Å². The van der Waals surface area contributed by atoms with Gasteiger partial charge in [0.05, 0.1) is 0 Å². The van der Waals surface area contributed by atoms with Crippen molar-refractivity contribution in [3.63, 3.8) is 0 Å². The van der Waals surface area contributed by atoms with Crippen molar-refractivity contribution >= 4 is 0 Å². The van der Waals surface area contributed by atoms with Gasteiger partial charge in [-0.15, -0.1) is 0 Å². The van der Waals surface area contributed by atoms with Crippen LogP contribution in [0.1, 0.15) is 18.9 Å². The van der Waals surface area contributed by atoms with Crippen LogP contribution in [-0.4, -0.2) is 48.6 Å². The number of hydrogen-bond donors (Lipinski definition) is 1. The van der Waals surface area contributed by atoms with E-state index in [0.29, 0.717) is 5.75 Å². The zero-order valence-electron chi connectivity index (χ0n) is 11.2. The molecule has 0 unspecified atom stereocenters. The maximum absolute atomic E-state index is 9.42. The monoisotopic (exact) mass is 236 g/mol. The van der Waals surface area contributed by atoms with Crippen LogP contribution in [0.25, 0.3) is 0 Å². The summed E-state index contributed by atoms with van der Waals surface area (Å²) in [6.07, 6.45) is 1.18. The predicted molar refractivity (Wildman–Crippen MR) is 72.2 cm³/mol. The van der Waals surface area contributed by atoms with Crippen molar-refractivity contribution in [1.82, 2.24) is 9.80 Å². The molecule has 0 amide bonds. The molecule has 1 rings (SSSR count). The summed E-state index contributed by atoms with van der Waals surface area (Å²) in [5, 5.41) is 9.42. The van der Waals surface area contributed by atoms with Crippen molar-refractivity contribution in [2.75, 3.05) is 33.7 Å². The van der Waals surface area contributed by atoms with Crippen LogP contribution < -0.4 is 0 Å². The van der Waals surface area contributed by atoms with E-state index in [0.717, 1.165) is 26.2 Å². The number of aromatic hydroxyl groups is 1. The van der Waals surface area contributed by atoms with E-state index in [1.807, 2.05) is 12.1 Å². The average molecular weight is 236 g/mol. The third-order valence-corrected chi connectivity index (χ3v) is 2.84.